The molecule has 0 aromatic heterocycles. The Hall–Kier alpha value is -2.08. The molecule has 0 radical (unpaired) electrons. The Bertz CT molecular complexity index is 634. The molecule has 2 rings (SSSR count). The summed E-state index contributed by atoms with van der Waals surface area (Å²) < 4.78 is 26.1. The number of nitrogen functional groups attached to an aromatic ring is 1. The molecule has 0 aliphatic rings. The topological polar surface area (TPSA) is 55.1 Å². The number of hydrogen-bond acceptors (Lipinski definition) is 3. The summed E-state index contributed by atoms with van der Waals surface area (Å²) >= 11 is 1.28. The summed E-state index contributed by atoms with van der Waals surface area (Å²) in [6, 6.07) is 10.1. The molecule has 1 amide bonds. The molecule has 20 heavy (non-hydrogen) atoms. The normalized spacial score (nSPS) is 10.3. The minimum Gasteiger partial charge on any atom is -0.399 e. The van der Waals surface area contributed by atoms with E-state index in [0.717, 1.165) is 17.0 Å². The van der Waals surface area contributed by atoms with Gasteiger partial charge >= 0.3 is 0 Å². The van der Waals surface area contributed by atoms with Crippen molar-refractivity contribution in [3.8, 4) is 0 Å². The lowest BCUT2D eigenvalue weighted by atomic mass is 10.3. The molecule has 0 bridgehead atoms. The van der Waals surface area contributed by atoms with Crippen LogP contribution in [0.5, 0.6) is 0 Å². The molecule has 0 saturated heterocycles. The Morgan fingerprint density at radius 2 is 2.00 bits per heavy atom. The van der Waals surface area contributed by atoms with Gasteiger partial charge in [-0.25, -0.2) is 8.78 Å². The zero-order valence-corrected chi connectivity index (χ0v) is 11.2. The van der Waals surface area contributed by atoms with Crippen molar-refractivity contribution in [2.75, 3.05) is 16.8 Å². The molecule has 0 aliphatic heterocycles. The predicted octanol–water partition coefficient (Wildman–Crippen LogP) is 3.28. The van der Waals surface area contributed by atoms with Crippen LogP contribution in [0.2, 0.25) is 0 Å². The predicted molar refractivity (Wildman–Crippen MR) is 76.6 cm³/mol. The van der Waals surface area contributed by atoms with Crippen molar-refractivity contribution in [3.05, 3.63) is 54.1 Å². The van der Waals surface area contributed by atoms with E-state index in [1.807, 2.05) is 6.07 Å². The van der Waals surface area contributed by atoms with Gasteiger partial charge in [0.1, 0.15) is 11.6 Å². The van der Waals surface area contributed by atoms with E-state index in [2.05, 4.69) is 5.32 Å². The zero-order chi connectivity index (χ0) is 14.5. The number of nitrogens with one attached hydrogen (secondary N) is 1. The highest BCUT2D eigenvalue weighted by Gasteiger charge is 2.08. The Labute approximate surface area is 119 Å². The molecule has 0 fully saturated rings. The molecular formula is C14H12F2N2OS. The summed E-state index contributed by atoms with van der Waals surface area (Å²) in [6.45, 7) is 0. The highest BCUT2D eigenvalue weighted by molar-refractivity contribution is 8.00. The molecule has 0 saturated carbocycles. The number of thioether (sulfide) groups is 1. The van der Waals surface area contributed by atoms with Crippen LogP contribution in [-0.4, -0.2) is 11.7 Å². The second-order valence-electron chi connectivity index (χ2n) is 4.03. The van der Waals surface area contributed by atoms with Gasteiger partial charge in [0, 0.05) is 16.6 Å². The number of nitrogens with two attached hydrogens (primary N) is 1. The molecule has 3 N–H and O–H groups in total. The van der Waals surface area contributed by atoms with E-state index in [1.165, 1.54) is 17.8 Å². The fraction of sp³-hybridized carbons (Fsp3) is 0.0714. The SMILES string of the molecule is Nc1cccc(SCC(=O)Nc2ccc(F)cc2F)c1. The van der Waals surface area contributed by atoms with Crippen LogP contribution in [0, 0.1) is 11.6 Å². The highest BCUT2D eigenvalue weighted by Crippen LogP contribution is 2.21. The van der Waals surface area contributed by atoms with Gasteiger partial charge in [-0.15, -0.1) is 11.8 Å². The number of carbonyl (C=O) groups excluding carboxylic acids is 1. The number of rotatable bonds is 4. The summed E-state index contributed by atoms with van der Waals surface area (Å²) in [7, 11) is 0. The zero-order valence-electron chi connectivity index (χ0n) is 10.4. The van der Waals surface area contributed by atoms with E-state index in [1.54, 1.807) is 18.2 Å². The van der Waals surface area contributed by atoms with Crippen LogP contribution in [0.3, 0.4) is 0 Å². The van der Waals surface area contributed by atoms with Gasteiger partial charge in [-0.3, -0.25) is 4.79 Å². The fourth-order valence-corrected chi connectivity index (χ4v) is 2.29. The van der Waals surface area contributed by atoms with Crippen LogP contribution in [0.4, 0.5) is 20.2 Å². The van der Waals surface area contributed by atoms with E-state index < -0.39 is 11.6 Å². The second kappa shape index (κ2) is 6.38. The number of anilines is 2. The fourth-order valence-electron chi connectivity index (χ4n) is 1.53. The average molecular weight is 294 g/mol. The third-order valence-electron chi connectivity index (χ3n) is 2.43. The molecule has 0 atom stereocenters. The summed E-state index contributed by atoms with van der Waals surface area (Å²) in [5.41, 5.74) is 6.20. The minimum atomic E-state index is -0.799. The second-order valence-corrected chi connectivity index (χ2v) is 5.08. The maximum Gasteiger partial charge on any atom is 0.234 e. The van der Waals surface area contributed by atoms with Crippen molar-refractivity contribution in [2.45, 2.75) is 4.90 Å². The third kappa shape index (κ3) is 3.96. The molecule has 2 aromatic carbocycles. The average Bonchev–Trinajstić information content (AvgIpc) is 2.40. The van der Waals surface area contributed by atoms with Gasteiger partial charge in [-0.2, -0.15) is 0 Å². The molecule has 104 valence electrons. The number of halogens is 2. The maximum atomic E-state index is 13.3. The van der Waals surface area contributed by atoms with Crippen molar-refractivity contribution in [3.63, 3.8) is 0 Å². The van der Waals surface area contributed by atoms with E-state index in [9.17, 15) is 13.6 Å². The number of carbonyl (C=O) groups is 1. The summed E-state index contributed by atoms with van der Waals surface area (Å²) in [5, 5.41) is 2.39. The van der Waals surface area contributed by atoms with Crippen LogP contribution >= 0.6 is 11.8 Å². The van der Waals surface area contributed by atoms with Crippen molar-refractivity contribution < 1.29 is 13.6 Å². The van der Waals surface area contributed by atoms with Gasteiger partial charge in [-0.05, 0) is 30.3 Å². The molecule has 0 heterocycles. The third-order valence-corrected chi connectivity index (χ3v) is 3.43. The molecule has 2 aromatic rings. The van der Waals surface area contributed by atoms with Crippen molar-refractivity contribution in [1.82, 2.24) is 0 Å². The molecule has 6 heteroatoms. The largest absolute Gasteiger partial charge is 0.399 e. The maximum absolute atomic E-state index is 13.3. The van der Waals surface area contributed by atoms with Gasteiger partial charge in [0.25, 0.3) is 0 Å². The molecule has 3 nitrogen and oxygen atoms in total. The molecule has 0 spiro atoms. The van der Waals surface area contributed by atoms with Crippen molar-refractivity contribution >= 4 is 29.0 Å². The van der Waals surface area contributed by atoms with Crippen LogP contribution in [-0.2, 0) is 4.79 Å². The van der Waals surface area contributed by atoms with Crippen LogP contribution < -0.4 is 11.1 Å². The summed E-state index contributed by atoms with van der Waals surface area (Å²) in [6.07, 6.45) is 0. The first-order valence-electron chi connectivity index (χ1n) is 5.78. The number of amides is 1. The van der Waals surface area contributed by atoms with Crippen molar-refractivity contribution in [1.29, 1.82) is 0 Å². The van der Waals surface area contributed by atoms with Crippen LogP contribution in [0.15, 0.2) is 47.4 Å². The van der Waals surface area contributed by atoms with E-state index >= 15 is 0 Å². The first-order chi connectivity index (χ1) is 9.54. The first kappa shape index (κ1) is 14.3. The van der Waals surface area contributed by atoms with E-state index in [-0.39, 0.29) is 17.3 Å². The van der Waals surface area contributed by atoms with Gasteiger partial charge in [0.05, 0.1) is 11.4 Å². The number of hydrogen-bond donors (Lipinski definition) is 2. The monoisotopic (exact) mass is 294 g/mol. The Kier molecular flexibility index (Phi) is 4.57. The quantitative estimate of drug-likeness (QED) is 0.672. The van der Waals surface area contributed by atoms with Crippen LogP contribution in [0.1, 0.15) is 0 Å². The number of benzene rings is 2. The molecular weight excluding hydrogens is 282 g/mol. The standard InChI is InChI=1S/C14H12F2N2OS/c15-9-4-5-13(12(16)6-9)18-14(19)8-20-11-3-1-2-10(17)7-11/h1-7H,8,17H2,(H,18,19). The Balaban J connectivity index is 1.92. The van der Waals surface area contributed by atoms with E-state index in [4.69, 9.17) is 5.73 Å². The lowest BCUT2D eigenvalue weighted by Crippen LogP contribution is -2.15. The van der Waals surface area contributed by atoms with E-state index in [0.29, 0.717) is 5.69 Å². The first-order valence-corrected chi connectivity index (χ1v) is 6.76. The summed E-state index contributed by atoms with van der Waals surface area (Å²) in [4.78, 5) is 12.5. The Morgan fingerprint density at radius 3 is 2.70 bits per heavy atom. The highest BCUT2D eigenvalue weighted by atomic mass is 32.2. The summed E-state index contributed by atoms with van der Waals surface area (Å²) in [5.74, 6) is -1.75. The lowest BCUT2D eigenvalue weighted by Gasteiger charge is -2.06. The van der Waals surface area contributed by atoms with Gasteiger partial charge in [0.2, 0.25) is 5.91 Å². The van der Waals surface area contributed by atoms with Crippen LogP contribution in [0.25, 0.3) is 0 Å². The van der Waals surface area contributed by atoms with Gasteiger partial charge in [0.15, 0.2) is 0 Å². The lowest BCUT2D eigenvalue weighted by molar-refractivity contribution is -0.113. The van der Waals surface area contributed by atoms with Crippen molar-refractivity contribution in [2.24, 2.45) is 0 Å². The molecule has 0 aliphatic carbocycles. The Morgan fingerprint density at radius 1 is 1.20 bits per heavy atom. The smallest absolute Gasteiger partial charge is 0.234 e. The molecule has 0 unspecified atom stereocenters. The minimum absolute atomic E-state index is 0.0374. The van der Waals surface area contributed by atoms with Gasteiger partial charge in [-0.1, -0.05) is 6.07 Å². The van der Waals surface area contributed by atoms with Gasteiger partial charge < -0.3 is 11.1 Å².